The molecule has 94 valence electrons. The number of hydrogen-bond donors (Lipinski definition) is 2. The van der Waals surface area contributed by atoms with Gasteiger partial charge in [0.25, 0.3) is 0 Å². The van der Waals surface area contributed by atoms with Crippen LogP contribution in [0, 0.1) is 11.8 Å². The fraction of sp³-hybridized carbons (Fsp3) is 0.857. The van der Waals surface area contributed by atoms with Crippen molar-refractivity contribution < 1.29 is 10.2 Å². The molecule has 2 heteroatoms. The lowest BCUT2D eigenvalue weighted by Crippen LogP contribution is -2.27. The van der Waals surface area contributed by atoms with Crippen molar-refractivity contribution in [1.29, 1.82) is 0 Å². The van der Waals surface area contributed by atoms with Gasteiger partial charge >= 0.3 is 0 Å². The molecule has 0 aromatic carbocycles. The van der Waals surface area contributed by atoms with Crippen LogP contribution in [0.3, 0.4) is 0 Å². The van der Waals surface area contributed by atoms with Crippen molar-refractivity contribution in [3.8, 4) is 0 Å². The highest BCUT2D eigenvalue weighted by molar-refractivity contribution is 5.06. The van der Waals surface area contributed by atoms with E-state index in [1.54, 1.807) is 0 Å². The lowest BCUT2D eigenvalue weighted by molar-refractivity contribution is 0.0861. The summed E-state index contributed by atoms with van der Waals surface area (Å²) in [6, 6.07) is 0. The van der Waals surface area contributed by atoms with Gasteiger partial charge in [0.2, 0.25) is 0 Å². The van der Waals surface area contributed by atoms with Crippen molar-refractivity contribution in [2.75, 3.05) is 0 Å². The summed E-state index contributed by atoms with van der Waals surface area (Å²) in [4.78, 5) is 0. The number of rotatable bonds is 5. The molecule has 2 nitrogen and oxygen atoms in total. The molecule has 1 rings (SSSR count). The summed E-state index contributed by atoms with van der Waals surface area (Å²) in [5.74, 6) is 0.607. The maximum Gasteiger partial charge on any atom is 0.0776 e. The summed E-state index contributed by atoms with van der Waals surface area (Å²) in [7, 11) is 0. The highest BCUT2D eigenvalue weighted by Gasteiger charge is 2.25. The van der Waals surface area contributed by atoms with Crippen LogP contribution in [0.15, 0.2) is 12.2 Å². The lowest BCUT2D eigenvalue weighted by atomic mass is 9.81. The summed E-state index contributed by atoms with van der Waals surface area (Å²) < 4.78 is 0. The predicted octanol–water partition coefficient (Wildman–Crippen LogP) is 2.89. The Labute approximate surface area is 99.4 Å². The summed E-state index contributed by atoms with van der Waals surface area (Å²) in [6.07, 6.45) is 5.72. The van der Waals surface area contributed by atoms with Crippen LogP contribution < -0.4 is 0 Å². The molecule has 16 heavy (non-hydrogen) atoms. The highest BCUT2D eigenvalue weighted by Crippen LogP contribution is 2.30. The fourth-order valence-corrected chi connectivity index (χ4v) is 2.41. The molecule has 2 N–H and O–H groups in total. The third kappa shape index (κ3) is 3.91. The van der Waals surface area contributed by atoms with Gasteiger partial charge in [0, 0.05) is 0 Å². The van der Waals surface area contributed by atoms with Crippen molar-refractivity contribution >= 4 is 0 Å². The van der Waals surface area contributed by atoms with Gasteiger partial charge in [-0.3, -0.25) is 0 Å². The first kappa shape index (κ1) is 13.7. The van der Waals surface area contributed by atoms with E-state index in [0.717, 1.165) is 18.4 Å². The monoisotopic (exact) mass is 226 g/mol. The summed E-state index contributed by atoms with van der Waals surface area (Å²) >= 11 is 0. The average molecular weight is 226 g/mol. The van der Waals surface area contributed by atoms with Crippen molar-refractivity contribution in [2.45, 2.75) is 64.6 Å². The zero-order chi connectivity index (χ0) is 12.1. The van der Waals surface area contributed by atoms with Crippen LogP contribution in [0.25, 0.3) is 0 Å². The Balaban J connectivity index is 2.40. The standard InChI is InChI=1S/C14H26O2/c1-10(2)13(15)9-11(3)14(16)12-7-5-4-6-8-12/h10,12-16H,3-9H2,1-2H3/t13-,14-/m0/s1. The second-order valence-corrected chi connectivity index (χ2v) is 5.52. The molecule has 1 saturated carbocycles. The van der Waals surface area contributed by atoms with Gasteiger partial charge in [-0.1, -0.05) is 39.7 Å². The first-order valence-electron chi connectivity index (χ1n) is 6.56. The number of aliphatic hydroxyl groups is 2. The molecular weight excluding hydrogens is 200 g/mol. The topological polar surface area (TPSA) is 40.5 Å². The molecular formula is C14H26O2. The minimum atomic E-state index is -0.409. The van der Waals surface area contributed by atoms with E-state index >= 15 is 0 Å². The van der Waals surface area contributed by atoms with E-state index in [9.17, 15) is 10.2 Å². The molecule has 1 fully saturated rings. The molecule has 0 aromatic rings. The normalized spacial score (nSPS) is 22.1. The first-order chi connectivity index (χ1) is 7.52. The van der Waals surface area contributed by atoms with E-state index in [0.29, 0.717) is 12.3 Å². The number of aliphatic hydroxyl groups excluding tert-OH is 2. The molecule has 0 unspecified atom stereocenters. The molecule has 2 atom stereocenters. The van der Waals surface area contributed by atoms with E-state index in [4.69, 9.17) is 0 Å². The summed E-state index contributed by atoms with van der Waals surface area (Å²) in [5.41, 5.74) is 0.813. The van der Waals surface area contributed by atoms with Crippen molar-refractivity contribution in [3.05, 3.63) is 12.2 Å². The van der Waals surface area contributed by atoms with Gasteiger partial charge in [-0.2, -0.15) is 0 Å². The van der Waals surface area contributed by atoms with E-state index in [-0.39, 0.29) is 12.0 Å². The summed E-state index contributed by atoms with van der Waals surface area (Å²) in [6.45, 7) is 7.92. The predicted molar refractivity (Wildman–Crippen MR) is 67.2 cm³/mol. The molecule has 0 saturated heterocycles. The highest BCUT2D eigenvalue weighted by atomic mass is 16.3. The lowest BCUT2D eigenvalue weighted by Gasteiger charge is -2.29. The Hall–Kier alpha value is -0.340. The minimum Gasteiger partial charge on any atom is -0.393 e. The Morgan fingerprint density at radius 3 is 2.25 bits per heavy atom. The third-order valence-corrected chi connectivity index (χ3v) is 3.76. The Kier molecular flexibility index (Phi) is 5.50. The van der Waals surface area contributed by atoms with Crippen molar-refractivity contribution in [2.24, 2.45) is 11.8 Å². The molecule has 0 aromatic heterocycles. The Bertz CT molecular complexity index is 217. The molecule has 1 aliphatic carbocycles. The molecule has 0 aliphatic heterocycles. The first-order valence-corrected chi connectivity index (χ1v) is 6.56. The average Bonchev–Trinajstić information content (AvgIpc) is 2.28. The van der Waals surface area contributed by atoms with Gasteiger partial charge in [-0.05, 0) is 36.7 Å². The van der Waals surface area contributed by atoms with Crippen LogP contribution >= 0.6 is 0 Å². The molecule has 0 bridgehead atoms. The number of hydrogen-bond acceptors (Lipinski definition) is 2. The summed E-state index contributed by atoms with van der Waals surface area (Å²) in [5, 5.41) is 19.9. The minimum absolute atomic E-state index is 0.232. The molecule has 0 radical (unpaired) electrons. The Morgan fingerprint density at radius 1 is 1.19 bits per heavy atom. The van der Waals surface area contributed by atoms with E-state index in [2.05, 4.69) is 6.58 Å². The van der Waals surface area contributed by atoms with Crippen LogP contribution in [-0.4, -0.2) is 22.4 Å². The van der Waals surface area contributed by atoms with Gasteiger partial charge in [-0.15, -0.1) is 0 Å². The molecule has 0 heterocycles. The smallest absolute Gasteiger partial charge is 0.0776 e. The quantitative estimate of drug-likeness (QED) is 0.708. The Morgan fingerprint density at radius 2 is 1.75 bits per heavy atom. The van der Waals surface area contributed by atoms with Crippen molar-refractivity contribution in [1.82, 2.24) is 0 Å². The fourth-order valence-electron chi connectivity index (χ4n) is 2.41. The zero-order valence-electron chi connectivity index (χ0n) is 10.7. The van der Waals surface area contributed by atoms with E-state index < -0.39 is 6.10 Å². The molecule has 0 amide bonds. The van der Waals surface area contributed by atoms with E-state index in [1.807, 2.05) is 13.8 Å². The SMILES string of the molecule is C=C(C[C@H](O)C(C)C)[C@H](O)C1CCCCC1. The van der Waals surface area contributed by atoms with Crippen molar-refractivity contribution in [3.63, 3.8) is 0 Å². The van der Waals surface area contributed by atoms with Gasteiger partial charge in [-0.25, -0.2) is 0 Å². The molecule has 0 spiro atoms. The van der Waals surface area contributed by atoms with Crippen LogP contribution in [0.5, 0.6) is 0 Å². The van der Waals surface area contributed by atoms with Crippen LogP contribution in [0.4, 0.5) is 0 Å². The van der Waals surface area contributed by atoms with E-state index in [1.165, 1.54) is 19.3 Å². The van der Waals surface area contributed by atoms with Gasteiger partial charge < -0.3 is 10.2 Å². The van der Waals surface area contributed by atoms with Gasteiger partial charge in [0.1, 0.15) is 0 Å². The maximum absolute atomic E-state index is 10.2. The maximum atomic E-state index is 10.2. The second kappa shape index (κ2) is 6.41. The second-order valence-electron chi connectivity index (χ2n) is 5.52. The third-order valence-electron chi connectivity index (χ3n) is 3.76. The largest absolute Gasteiger partial charge is 0.393 e. The van der Waals surface area contributed by atoms with Gasteiger partial charge in [0.15, 0.2) is 0 Å². The van der Waals surface area contributed by atoms with Crippen LogP contribution in [0.2, 0.25) is 0 Å². The van der Waals surface area contributed by atoms with Crippen LogP contribution in [0.1, 0.15) is 52.4 Å². The zero-order valence-corrected chi connectivity index (χ0v) is 10.7. The molecule has 1 aliphatic rings. The van der Waals surface area contributed by atoms with Gasteiger partial charge in [0.05, 0.1) is 12.2 Å². The van der Waals surface area contributed by atoms with Crippen LogP contribution in [-0.2, 0) is 0 Å².